The molecule has 0 bridgehead atoms. The predicted octanol–water partition coefficient (Wildman–Crippen LogP) is 4.29. The third-order valence-corrected chi connectivity index (χ3v) is 6.54. The molecule has 0 unspecified atom stereocenters. The largest absolute Gasteiger partial charge is 0.701 e. The van der Waals surface area contributed by atoms with Gasteiger partial charge in [0, 0.05) is 36.1 Å². The third kappa shape index (κ3) is 2.45. The molecule has 0 saturated carbocycles. The van der Waals surface area contributed by atoms with Gasteiger partial charge in [-0.25, -0.2) is 4.57 Å². The minimum absolute atomic E-state index is 0.224. The van der Waals surface area contributed by atoms with Crippen LogP contribution in [0.15, 0.2) is 30.3 Å². The lowest BCUT2D eigenvalue weighted by atomic mass is 9.87. The molecule has 3 aliphatic rings. The van der Waals surface area contributed by atoms with E-state index in [4.69, 9.17) is 4.65 Å². The second-order valence-corrected chi connectivity index (χ2v) is 8.34. The van der Waals surface area contributed by atoms with Crippen LogP contribution in [0.2, 0.25) is 0 Å². The summed E-state index contributed by atoms with van der Waals surface area (Å²) in [6, 6.07) is 9.58. The maximum Gasteiger partial charge on any atom is 0.701 e. The number of para-hydroxylation sites is 2. The molecule has 0 amide bonds. The molecule has 8 heteroatoms. The number of anilines is 1. The van der Waals surface area contributed by atoms with Crippen molar-refractivity contribution in [1.29, 1.82) is 0 Å². The Morgan fingerprint density at radius 3 is 2.80 bits per heavy atom. The quantitative estimate of drug-likeness (QED) is 0.594. The molecule has 154 valence electrons. The van der Waals surface area contributed by atoms with E-state index in [1.807, 2.05) is 41.8 Å². The summed E-state index contributed by atoms with van der Waals surface area (Å²) in [6.07, 6.45) is 5.39. The minimum atomic E-state index is -4.29. The van der Waals surface area contributed by atoms with Gasteiger partial charge in [0.2, 0.25) is 0 Å². The van der Waals surface area contributed by atoms with Crippen molar-refractivity contribution in [2.75, 3.05) is 18.0 Å². The van der Waals surface area contributed by atoms with E-state index in [1.54, 1.807) is 6.21 Å². The Kier molecular flexibility index (Phi) is 3.76. The molecule has 0 saturated heterocycles. The fourth-order valence-corrected chi connectivity index (χ4v) is 5.29. The number of nitrogens with zero attached hydrogens (tertiary/aromatic N) is 4. The highest BCUT2D eigenvalue weighted by Gasteiger charge is 2.46. The van der Waals surface area contributed by atoms with Gasteiger partial charge in [-0.05, 0) is 56.4 Å². The average molecular weight is 408 g/mol. The number of aromatic nitrogens is 2. The van der Waals surface area contributed by atoms with E-state index in [-0.39, 0.29) is 5.95 Å². The lowest BCUT2D eigenvalue weighted by Crippen LogP contribution is -2.48. The smallest absolute Gasteiger partial charge is 0.630 e. The van der Waals surface area contributed by atoms with Crippen molar-refractivity contribution < 1.29 is 17.8 Å². The second-order valence-electron chi connectivity index (χ2n) is 8.34. The fourth-order valence-electron chi connectivity index (χ4n) is 5.29. The molecule has 30 heavy (non-hydrogen) atoms. The van der Waals surface area contributed by atoms with Crippen LogP contribution in [-0.4, -0.2) is 40.4 Å². The van der Waals surface area contributed by atoms with Gasteiger partial charge in [0.25, 0.3) is 0 Å². The zero-order valence-corrected chi connectivity index (χ0v) is 16.9. The monoisotopic (exact) mass is 408 g/mol. The number of halogens is 2. The van der Waals surface area contributed by atoms with E-state index in [1.165, 1.54) is 5.56 Å². The molecule has 0 fully saturated rings. The van der Waals surface area contributed by atoms with Gasteiger partial charge in [0.15, 0.2) is 5.52 Å². The number of hydrogen-bond acceptors (Lipinski definition) is 3. The van der Waals surface area contributed by atoms with Crippen LogP contribution in [0.1, 0.15) is 36.5 Å². The maximum absolute atomic E-state index is 15.4. The molecule has 6 rings (SSSR count). The fraction of sp³-hybridized carbons (Fsp3) is 0.364. The first-order valence-electron chi connectivity index (χ1n) is 10.8. The van der Waals surface area contributed by atoms with E-state index in [0.717, 1.165) is 65.6 Å². The standard InChI is InChI=1S/C22H23BF2N4O/c1-2-28-19-10-4-3-9-18(19)26-22(28)29-14-16-13-15-7-5-11-27-12-6-8-17(20(15)27)21(16)30-23(29,24)25/h3-4,9-10,13-14H,2,5-8,11-12H2,1H3. The zero-order valence-electron chi connectivity index (χ0n) is 16.9. The Balaban J connectivity index is 1.58. The van der Waals surface area contributed by atoms with Crippen molar-refractivity contribution in [2.24, 2.45) is 0 Å². The van der Waals surface area contributed by atoms with Crippen LogP contribution in [0.3, 0.4) is 0 Å². The molecule has 0 atom stereocenters. The molecule has 3 aromatic rings. The van der Waals surface area contributed by atoms with Crippen molar-refractivity contribution in [3.63, 3.8) is 0 Å². The van der Waals surface area contributed by atoms with Crippen molar-refractivity contribution in [3.05, 3.63) is 47.0 Å². The summed E-state index contributed by atoms with van der Waals surface area (Å²) in [5.41, 5.74) is 5.62. The van der Waals surface area contributed by atoms with Gasteiger partial charge in [-0.1, -0.05) is 17.1 Å². The molecular formula is C22H23BF2N4O. The number of hydrogen-bond donors (Lipinski definition) is 0. The molecule has 0 spiro atoms. The summed E-state index contributed by atoms with van der Waals surface area (Å²) < 4.78 is 39.1. The molecule has 4 heterocycles. The lowest BCUT2D eigenvalue weighted by Gasteiger charge is -2.41. The minimum Gasteiger partial charge on any atom is -0.630 e. The van der Waals surface area contributed by atoms with E-state index in [0.29, 0.717) is 17.8 Å². The average Bonchev–Trinajstić information content (AvgIpc) is 3.12. The number of fused-ring (bicyclic) bond motifs is 3. The summed E-state index contributed by atoms with van der Waals surface area (Å²) in [5.74, 6) is 0.586. The van der Waals surface area contributed by atoms with Crippen LogP contribution < -0.4 is 9.55 Å². The summed E-state index contributed by atoms with van der Waals surface area (Å²) in [4.78, 5) is 6.88. The topological polar surface area (TPSA) is 33.3 Å². The highest BCUT2D eigenvalue weighted by atomic mass is 19.3. The number of imidazole rings is 1. The Hall–Kier alpha value is -2.90. The van der Waals surface area contributed by atoms with Crippen molar-refractivity contribution in [3.8, 4) is 5.75 Å². The molecule has 2 aromatic carbocycles. The summed E-state index contributed by atoms with van der Waals surface area (Å²) >= 11 is 0. The first-order chi connectivity index (χ1) is 14.6. The van der Waals surface area contributed by atoms with Gasteiger partial charge in [-0.3, -0.25) is 0 Å². The summed E-state index contributed by atoms with van der Waals surface area (Å²) in [7, 11) is -4.29. The van der Waals surface area contributed by atoms with E-state index in [9.17, 15) is 0 Å². The van der Waals surface area contributed by atoms with Crippen LogP contribution in [0.25, 0.3) is 11.0 Å². The third-order valence-electron chi connectivity index (χ3n) is 6.54. The first-order valence-corrected chi connectivity index (χ1v) is 10.8. The summed E-state index contributed by atoms with van der Waals surface area (Å²) in [5, 5.41) is 0. The molecule has 0 N–H and O–H groups in total. The molecular weight excluding hydrogens is 385 g/mol. The molecule has 3 aliphatic heterocycles. The van der Waals surface area contributed by atoms with Crippen LogP contribution in [0.5, 0.6) is 5.75 Å². The highest BCUT2D eigenvalue weighted by molar-refractivity contribution is 6.53. The van der Waals surface area contributed by atoms with Gasteiger partial charge in [0.05, 0.1) is 12.3 Å². The molecule has 0 aliphatic carbocycles. The van der Waals surface area contributed by atoms with Crippen LogP contribution >= 0.6 is 0 Å². The van der Waals surface area contributed by atoms with Crippen LogP contribution in [0, 0.1) is 0 Å². The van der Waals surface area contributed by atoms with Gasteiger partial charge >= 0.3 is 13.0 Å². The van der Waals surface area contributed by atoms with Crippen LogP contribution in [0.4, 0.5) is 20.3 Å². The zero-order chi connectivity index (χ0) is 20.5. The molecule has 0 radical (unpaired) electrons. The Bertz CT molecular complexity index is 1220. The second kappa shape index (κ2) is 6.30. The van der Waals surface area contributed by atoms with Crippen molar-refractivity contribution in [2.45, 2.75) is 39.2 Å². The van der Waals surface area contributed by atoms with E-state index < -0.39 is 7.04 Å². The van der Waals surface area contributed by atoms with E-state index >= 15 is 8.63 Å². The Morgan fingerprint density at radius 2 is 1.97 bits per heavy atom. The van der Waals surface area contributed by atoms with E-state index in [2.05, 4.69) is 9.88 Å². The Morgan fingerprint density at radius 1 is 1.17 bits per heavy atom. The molecule has 1 aromatic heterocycles. The normalized spacial score (nSPS) is 19.2. The van der Waals surface area contributed by atoms with Crippen LogP contribution in [-0.2, 0) is 19.4 Å². The van der Waals surface area contributed by atoms with Gasteiger partial charge in [-0.2, -0.15) is 0 Å². The number of aryl methyl sites for hydroxylation is 2. The Labute approximate surface area is 173 Å². The number of rotatable bonds is 2. The summed E-state index contributed by atoms with van der Waals surface area (Å²) in [6.45, 7) is 4.48. The SMILES string of the molecule is CCn1c([N+]2=Cc3cc4c5c(c3O[B-]2(F)F)CCCN5CCC4)nc2ccccc21. The van der Waals surface area contributed by atoms with Crippen molar-refractivity contribution >= 4 is 35.9 Å². The van der Waals surface area contributed by atoms with Gasteiger partial charge in [0.1, 0.15) is 5.52 Å². The lowest BCUT2D eigenvalue weighted by molar-refractivity contribution is -0.354. The number of benzene rings is 2. The molecule has 5 nitrogen and oxygen atoms in total. The maximum atomic E-state index is 15.4. The van der Waals surface area contributed by atoms with Crippen molar-refractivity contribution in [1.82, 2.24) is 9.55 Å². The first kappa shape index (κ1) is 17.9. The highest BCUT2D eigenvalue weighted by Crippen LogP contribution is 2.45. The van der Waals surface area contributed by atoms with Gasteiger partial charge in [-0.15, -0.1) is 0 Å². The predicted molar refractivity (Wildman–Crippen MR) is 114 cm³/mol. The van der Waals surface area contributed by atoms with Gasteiger partial charge < -0.3 is 22.7 Å².